The number of carbonyl (C=O) groups excluding carboxylic acids is 1. The summed E-state index contributed by atoms with van der Waals surface area (Å²) < 4.78 is 0. The van der Waals surface area contributed by atoms with Crippen LogP contribution >= 0.6 is 11.6 Å². The Morgan fingerprint density at radius 2 is 2.16 bits per heavy atom. The number of aliphatic hydroxyl groups is 1. The SMILES string of the molecule is Cc1cc(Cl)ccc1C(=O)NC1CCCCC1CO. The van der Waals surface area contributed by atoms with E-state index < -0.39 is 0 Å². The van der Waals surface area contributed by atoms with E-state index in [1.807, 2.05) is 6.92 Å². The van der Waals surface area contributed by atoms with Gasteiger partial charge in [-0.2, -0.15) is 0 Å². The van der Waals surface area contributed by atoms with Crippen molar-refractivity contribution in [2.24, 2.45) is 5.92 Å². The molecule has 0 bridgehead atoms. The van der Waals surface area contributed by atoms with E-state index in [-0.39, 0.29) is 24.5 Å². The molecule has 2 N–H and O–H groups in total. The van der Waals surface area contributed by atoms with Crippen molar-refractivity contribution in [2.75, 3.05) is 6.61 Å². The number of hydrogen-bond donors (Lipinski definition) is 2. The maximum absolute atomic E-state index is 12.3. The lowest BCUT2D eigenvalue weighted by Crippen LogP contribution is -2.43. The van der Waals surface area contributed by atoms with E-state index >= 15 is 0 Å². The highest BCUT2D eigenvalue weighted by Crippen LogP contribution is 2.24. The van der Waals surface area contributed by atoms with Crippen LogP contribution in [0.25, 0.3) is 0 Å². The van der Waals surface area contributed by atoms with Gasteiger partial charge in [0, 0.05) is 29.2 Å². The van der Waals surface area contributed by atoms with Crippen LogP contribution in [-0.2, 0) is 0 Å². The first kappa shape index (κ1) is 14.4. The molecular weight excluding hydrogens is 262 g/mol. The molecule has 3 nitrogen and oxygen atoms in total. The topological polar surface area (TPSA) is 49.3 Å². The van der Waals surface area contributed by atoms with Crippen LogP contribution in [0.4, 0.5) is 0 Å². The van der Waals surface area contributed by atoms with Crippen LogP contribution in [0.1, 0.15) is 41.6 Å². The van der Waals surface area contributed by atoms with Crippen molar-refractivity contribution in [3.8, 4) is 0 Å². The fraction of sp³-hybridized carbons (Fsp3) is 0.533. The number of nitrogens with one attached hydrogen (secondary N) is 1. The van der Waals surface area contributed by atoms with E-state index in [1.165, 1.54) is 0 Å². The Balaban J connectivity index is 2.07. The molecule has 1 aliphatic rings. The van der Waals surface area contributed by atoms with Gasteiger partial charge < -0.3 is 10.4 Å². The van der Waals surface area contributed by atoms with Gasteiger partial charge in [-0.1, -0.05) is 24.4 Å². The number of halogens is 1. The first-order valence-electron chi connectivity index (χ1n) is 6.79. The summed E-state index contributed by atoms with van der Waals surface area (Å²) in [5, 5.41) is 13.1. The Hall–Kier alpha value is -1.06. The van der Waals surface area contributed by atoms with Crippen LogP contribution in [0.15, 0.2) is 18.2 Å². The van der Waals surface area contributed by atoms with Gasteiger partial charge in [0.2, 0.25) is 0 Å². The second kappa shape index (κ2) is 6.40. The van der Waals surface area contributed by atoms with Gasteiger partial charge in [-0.25, -0.2) is 0 Å². The predicted octanol–water partition coefficient (Wildman–Crippen LogP) is 2.93. The highest BCUT2D eigenvalue weighted by molar-refractivity contribution is 6.30. The highest BCUT2D eigenvalue weighted by Gasteiger charge is 2.26. The zero-order chi connectivity index (χ0) is 13.8. The zero-order valence-electron chi connectivity index (χ0n) is 11.2. The van der Waals surface area contributed by atoms with Crippen molar-refractivity contribution >= 4 is 17.5 Å². The molecule has 4 heteroatoms. The largest absolute Gasteiger partial charge is 0.396 e. The van der Waals surface area contributed by atoms with E-state index in [0.29, 0.717) is 10.6 Å². The quantitative estimate of drug-likeness (QED) is 0.895. The molecule has 0 aromatic heterocycles. The molecule has 1 aromatic rings. The molecule has 1 amide bonds. The van der Waals surface area contributed by atoms with Crippen LogP contribution in [0.3, 0.4) is 0 Å². The molecule has 2 atom stereocenters. The molecular formula is C15H20ClNO2. The monoisotopic (exact) mass is 281 g/mol. The minimum atomic E-state index is -0.0699. The van der Waals surface area contributed by atoms with Crippen LogP contribution in [0, 0.1) is 12.8 Å². The van der Waals surface area contributed by atoms with Crippen molar-refractivity contribution < 1.29 is 9.90 Å². The van der Waals surface area contributed by atoms with Gasteiger partial charge in [0.05, 0.1) is 0 Å². The zero-order valence-corrected chi connectivity index (χ0v) is 11.9. The molecule has 0 radical (unpaired) electrons. The molecule has 0 aliphatic heterocycles. The third kappa shape index (κ3) is 3.48. The van der Waals surface area contributed by atoms with Crippen molar-refractivity contribution in [1.82, 2.24) is 5.32 Å². The molecule has 0 saturated heterocycles. The standard InChI is InChI=1S/C15H20ClNO2/c1-10-8-12(16)6-7-13(10)15(19)17-14-5-3-2-4-11(14)9-18/h6-8,11,14,18H,2-5,9H2,1H3,(H,17,19). The van der Waals surface area contributed by atoms with Crippen LogP contribution in [0.5, 0.6) is 0 Å². The van der Waals surface area contributed by atoms with Crippen LogP contribution < -0.4 is 5.32 Å². The van der Waals surface area contributed by atoms with Gasteiger partial charge in [0.15, 0.2) is 0 Å². The summed E-state index contributed by atoms with van der Waals surface area (Å²) in [6, 6.07) is 5.36. The van der Waals surface area contributed by atoms with Gasteiger partial charge >= 0.3 is 0 Å². The molecule has 1 fully saturated rings. The molecule has 19 heavy (non-hydrogen) atoms. The Morgan fingerprint density at radius 3 is 2.84 bits per heavy atom. The lowest BCUT2D eigenvalue weighted by atomic mass is 9.85. The fourth-order valence-corrected chi connectivity index (χ4v) is 2.97. The summed E-state index contributed by atoms with van der Waals surface area (Å²) in [6.45, 7) is 2.02. The maximum atomic E-state index is 12.3. The molecule has 2 rings (SSSR count). The second-order valence-corrected chi connectivity index (χ2v) is 5.70. The Labute approximate surface area is 119 Å². The molecule has 104 valence electrons. The highest BCUT2D eigenvalue weighted by atomic mass is 35.5. The number of benzene rings is 1. The number of aliphatic hydroxyl groups excluding tert-OH is 1. The summed E-state index contributed by atoms with van der Waals surface area (Å²) >= 11 is 5.89. The molecule has 1 saturated carbocycles. The number of rotatable bonds is 3. The Morgan fingerprint density at radius 1 is 1.42 bits per heavy atom. The number of hydrogen-bond acceptors (Lipinski definition) is 2. The normalized spacial score (nSPS) is 23.1. The fourth-order valence-electron chi connectivity index (χ4n) is 2.74. The van der Waals surface area contributed by atoms with Crippen molar-refractivity contribution in [3.63, 3.8) is 0 Å². The Bertz CT molecular complexity index is 461. The lowest BCUT2D eigenvalue weighted by Gasteiger charge is -2.31. The lowest BCUT2D eigenvalue weighted by molar-refractivity contribution is 0.0872. The molecule has 2 unspecified atom stereocenters. The molecule has 0 spiro atoms. The Kier molecular flexibility index (Phi) is 4.83. The van der Waals surface area contributed by atoms with E-state index in [1.54, 1.807) is 18.2 Å². The summed E-state index contributed by atoms with van der Waals surface area (Å²) in [7, 11) is 0. The van der Waals surface area contributed by atoms with Gasteiger partial charge in [-0.3, -0.25) is 4.79 Å². The molecule has 1 aromatic carbocycles. The van der Waals surface area contributed by atoms with Crippen molar-refractivity contribution in [3.05, 3.63) is 34.3 Å². The maximum Gasteiger partial charge on any atom is 0.251 e. The summed E-state index contributed by atoms with van der Waals surface area (Å²) in [6.07, 6.45) is 4.18. The summed E-state index contributed by atoms with van der Waals surface area (Å²) in [5.41, 5.74) is 1.54. The average molecular weight is 282 g/mol. The number of aryl methyl sites for hydroxylation is 1. The number of carbonyl (C=O) groups is 1. The van der Waals surface area contributed by atoms with Crippen LogP contribution in [-0.4, -0.2) is 23.7 Å². The molecule has 0 heterocycles. The molecule has 1 aliphatic carbocycles. The van der Waals surface area contributed by atoms with E-state index in [9.17, 15) is 9.90 Å². The first-order valence-corrected chi connectivity index (χ1v) is 7.17. The van der Waals surface area contributed by atoms with E-state index in [0.717, 1.165) is 31.2 Å². The van der Waals surface area contributed by atoms with Gasteiger partial charge in [-0.05, 0) is 43.5 Å². The van der Waals surface area contributed by atoms with Gasteiger partial charge in [0.1, 0.15) is 0 Å². The third-order valence-electron chi connectivity index (χ3n) is 3.89. The van der Waals surface area contributed by atoms with E-state index in [4.69, 9.17) is 11.6 Å². The van der Waals surface area contributed by atoms with Crippen LogP contribution in [0.2, 0.25) is 5.02 Å². The smallest absolute Gasteiger partial charge is 0.251 e. The third-order valence-corrected chi connectivity index (χ3v) is 4.13. The summed E-state index contributed by atoms with van der Waals surface area (Å²) in [5.74, 6) is 0.116. The second-order valence-electron chi connectivity index (χ2n) is 5.27. The predicted molar refractivity (Wildman–Crippen MR) is 76.5 cm³/mol. The average Bonchev–Trinajstić information content (AvgIpc) is 2.39. The van der Waals surface area contributed by atoms with Gasteiger partial charge in [0.25, 0.3) is 5.91 Å². The van der Waals surface area contributed by atoms with Gasteiger partial charge in [-0.15, -0.1) is 0 Å². The minimum absolute atomic E-state index is 0.0699. The van der Waals surface area contributed by atoms with E-state index in [2.05, 4.69) is 5.32 Å². The summed E-state index contributed by atoms with van der Waals surface area (Å²) in [4.78, 5) is 12.3. The van der Waals surface area contributed by atoms with Crippen molar-refractivity contribution in [2.45, 2.75) is 38.6 Å². The van der Waals surface area contributed by atoms with Crippen molar-refractivity contribution in [1.29, 1.82) is 0 Å². The minimum Gasteiger partial charge on any atom is -0.396 e. The number of amides is 1. The first-order chi connectivity index (χ1) is 9.11.